The first-order valence-electron chi connectivity index (χ1n) is 9.93. The topological polar surface area (TPSA) is 61.9 Å². The van der Waals surface area contributed by atoms with Crippen LogP contribution in [0.3, 0.4) is 0 Å². The second-order valence-electron chi connectivity index (χ2n) is 7.30. The first-order valence-corrected chi connectivity index (χ1v) is 10.3. The van der Waals surface area contributed by atoms with Gasteiger partial charge in [0.05, 0.1) is 10.7 Å². The largest absolute Gasteiger partial charge is 0.368 e. The fraction of sp³-hybridized carbons (Fsp3) is 0.364. The fourth-order valence-corrected chi connectivity index (χ4v) is 4.03. The smallest absolute Gasteiger partial charge is 0.254 e. The minimum absolute atomic E-state index is 0.0305. The minimum atomic E-state index is -0.396. The molecule has 2 amide bonds. The van der Waals surface area contributed by atoms with Crippen molar-refractivity contribution in [1.29, 1.82) is 0 Å². The van der Waals surface area contributed by atoms with E-state index in [9.17, 15) is 9.59 Å². The van der Waals surface area contributed by atoms with E-state index in [2.05, 4.69) is 10.2 Å². The lowest BCUT2D eigenvalue weighted by Crippen LogP contribution is -2.48. The van der Waals surface area contributed by atoms with E-state index in [1.165, 1.54) is 0 Å². The number of nitrogens with one attached hydrogen (secondary N) is 1. The van der Waals surface area contributed by atoms with Crippen molar-refractivity contribution in [2.75, 3.05) is 43.0 Å². The Morgan fingerprint density at radius 1 is 1.03 bits per heavy atom. The summed E-state index contributed by atoms with van der Waals surface area (Å²) < 4.78 is 5.41. The van der Waals surface area contributed by atoms with Gasteiger partial charge in [-0.15, -0.1) is 0 Å². The molecule has 2 aliphatic heterocycles. The zero-order valence-electron chi connectivity index (χ0n) is 16.1. The van der Waals surface area contributed by atoms with Gasteiger partial charge >= 0.3 is 0 Å². The molecule has 29 heavy (non-hydrogen) atoms. The molecule has 0 bridgehead atoms. The fourth-order valence-electron chi connectivity index (χ4n) is 3.78. The van der Waals surface area contributed by atoms with Crippen molar-refractivity contribution in [3.05, 3.63) is 59.1 Å². The number of hydrogen-bond donors (Lipinski definition) is 1. The Balaban J connectivity index is 1.37. The monoisotopic (exact) mass is 413 g/mol. The van der Waals surface area contributed by atoms with Gasteiger partial charge in [0.2, 0.25) is 0 Å². The summed E-state index contributed by atoms with van der Waals surface area (Å²) in [6, 6.07) is 14.9. The number of rotatable bonds is 4. The molecule has 0 saturated carbocycles. The zero-order valence-corrected chi connectivity index (χ0v) is 16.9. The highest BCUT2D eigenvalue weighted by Crippen LogP contribution is 2.26. The summed E-state index contributed by atoms with van der Waals surface area (Å²) >= 11 is 6.29. The Morgan fingerprint density at radius 2 is 1.83 bits per heavy atom. The average molecular weight is 414 g/mol. The summed E-state index contributed by atoms with van der Waals surface area (Å²) in [5.41, 5.74) is 2.19. The van der Waals surface area contributed by atoms with Crippen LogP contribution in [0.4, 0.5) is 11.4 Å². The van der Waals surface area contributed by atoms with Crippen LogP contribution in [0.5, 0.6) is 0 Å². The molecule has 2 aliphatic rings. The van der Waals surface area contributed by atoms with Gasteiger partial charge in [0.1, 0.15) is 6.10 Å². The Hall–Kier alpha value is -2.57. The van der Waals surface area contributed by atoms with Crippen molar-refractivity contribution in [1.82, 2.24) is 4.90 Å². The van der Waals surface area contributed by atoms with Crippen LogP contribution in [-0.2, 0) is 9.53 Å². The number of benzene rings is 2. The number of carbonyl (C=O) groups excluding carboxylic acids is 2. The van der Waals surface area contributed by atoms with Crippen molar-refractivity contribution >= 4 is 34.8 Å². The molecule has 1 N–H and O–H groups in total. The van der Waals surface area contributed by atoms with Gasteiger partial charge in [0, 0.05) is 44.0 Å². The van der Waals surface area contributed by atoms with Gasteiger partial charge in [-0.1, -0.05) is 29.8 Å². The highest BCUT2D eigenvalue weighted by atomic mass is 35.5. The number of ether oxygens (including phenoxy) is 1. The maximum atomic E-state index is 12.9. The number of nitrogens with zero attached hydrogens (tertiary/aromatic N) is 2. The van der Waals surface area contributed by atoms with Crippen molar-refractivity contribution in [3.8, 4) is 0 Å². The molecular formula is C22H24ClN3O3. The van der Waals surface area contributed by atoms with Gasteiger partial charge in [0.25, 0.3) is 11.8 Å². The van der Waals surface area contributed by atoms with E-state index in [1.807, 2.05) is 29.2 Å². The predicted octanol–water partition coefficient (Wildman–Crippen LogP) is 3.42. The van der Waals surface area contributed by atoms with E-state index in [0.29, 0.717) is 30.9 Å². The van der Waals surface area contributed by atoms with Crippen LogP contribution in [0.15, 0.2) is 48.5 Å². The van der Waals surface area contributed by atoms with Crippen molar-refractivity contribution in [2.24, 2.45) is 0 Å². The standard InChI is InChI=1S/C22H24ClN3O3/c23-18-7-1-2-8-19(18)25-10-12-26(13-11-25)22(28)16-5-3-6-17(15-16)24-21(27)20-9-4-14-29-20/h1-3,5-8,15,20H,4,9-14H2,(H,24,27). The molecule has 0 aliphatic carbocycles. The third kappa shape index (κ3) is 4.54. The number of amides is 2. The molecule has 2 aromatic carbocycles. The molecule has 6 nitrogen and oxygen atoms in total. The predicted molar refractivity (Wildman–Crippen MR) is 114 cm³/mol. The van der Waals surface area contributed by atoms with E-state index < -0.39 is 6.10 Å². The summed E-state index contributed by atoms with van der Waals surface area (Å²) in [6.45, 7) is 3.32. The van der Waals surface area contributed by atoms with Gasteiger partial charge < -0.3 is 19.9 Å². The maximum Gasteiger partial charge on any atom is 0.254 e. The molecule has 0 spiro atoms. The third-order valence-corrected chi connectivity index (χ3v) is 5.68. The summed E-state index contributed by atoms with van der Waals surface area (Å²) in [5, 5.41) is 3.58. The lowest BCUT2D eigenvalue weighted by atomic mass is 10.1. The molecule has 1 unspecified atom stereocenters. The molecule has 2 fully saturated rings. The second-order valence-corrected chi connectivity index (χ2v) is 7.71. The first kappa shape index (κ1) is 19.7. The Morgan fingerprint density at radius 3 is 2.55 bits per heavy atom. The number of halogens is 1. The van der Waals surface area contributed by atoms with Crippen molar-refractivity contribution in [2.45, 2.75) is 18.9 Å². The normalized spacial score (nSPS) is 19.3. The summed E-state index contributed by atoms with van der Waals surface area (Å²) in [6.07, 6.45) is 1.24. The minimum Gasteiger partial charge on any atom is -0.368 e. The Labute approximate surface area is 175 Å². The number of hydrogen-bond acceptors (Lipinski definition) is 4. The lowest BCUT2D eigenvalue weighted by molar-refractivity contribution is -0.124. The number of carbonyl (C=O) groups is 2. The Kier molecular flexibility index (Phi) is 6.02. The SMILES string of the molecule is O=C(Nc1cccc(C(=O)N2CCN(c3ccccc3Cl)CC2)c1)C1CCCO1. The summed E-state index contributed by atoms with van der Waals surface area (Å²) in [7, 11) is 0. The molecule has 1 atom stereocenters. The zero-order chi connectivity index (χ0) is 20.2. The average Bonchev–Trinajstić information content (AvgIpc) is 3.29. The highest BCUT2D eigenvalue weighted by Gasteiger charge is 2.25. The van der Waals surface area contributed by atoms with Gasteiger partial charge in [-0.25, -0.2) is 0 Å². The van der Waals surface area contributed by atoms with Gasteiger partial charge in [-0.3, -0.25) is 9.59 Å². The molecule has 2 saturated heterocycles. The van der Waals surface area contributed by atoms with E-state index >= 15 is 0 Å². The maximum absolute atomic E-state index is 12.9. The van der Waals surface area contributed by atoms with E-state index in [1.54, 1.807) is 24.3 Å². The van der Waals surface area contributed by atoms with Crippen LogP contribution in [-0.4, -0.2) is 55.6 Å². The first-order chi connectivity index (χ1) is 14.1. The lowest BCUT2D eigenvalue weighted by Gasteiger charge is -2.36. The van der Waals surface area contributed by atoms with E-state index in [4.69, 9.17) is 16.3 Å². The van der Waals surface area contributed by atoms with Crippen LogP contribution in [0.2, 0.25) is 5.02 Å². The molecule has 0 aromatic heterocycles. The van der Waals surface area contributed by atoms with Gasteiger partial charge in [0.15, 0.2) is 0 Å². The molecule has 7 heteroatoms. The summed E-state index contributed by atoms with van der Waals surface area (Å²) in [4.78, 5) is 29.2. The van der Waals surface area contributed by atoms with Crippen molar-refractivity contribution in [3.63, 3.8) is 0 Å². The summed E-state index contributed by atoms with van der Waals surface area (Å²) in [5.74, 6) is -0.183. The molecule has 2 heterocycles. The molecule has 2 aromatic rings. The third-order valence-electron chi connectivity index (χ3n) is 5.36. The van der Waals surface area contributed by atoms with E-state index in [0.717, 1.165) is 36.6 Å². The van der Waals surface area contributed by atoms with Crippen molar-refractivity contribution < 1.29 is 14.3 Å². The molecule has 4 rings (SSSR count). The van der Waals surface area contributed by atoms with Crippen LogP contribution < -0.4 is 10.2 Å². The van der Waals surface area contributed by atoms with E-state index in [-0.39, 0.29) is 11.8 Å². The van der Waals surface area contributed by atoms with Crippen LogP contribution in [0.25, 0.3) is 0 Å². The van der Waals surface area contributed by atoms with Crippen LogP contribution >= 0.6 is 11.6 Å². The van der Waals surface area contributed by atoms with Gasteiger partial charge in [-0.2, -0.15) is 0 Å². The molecule has 0 radical (unpaired) electrons. The quantitative estimate of drug-likeness (QED) is 0.834. The Bertz CT molecular complexity index is 890. The second kappa shape index (κ2) is 8.84. The van der Waals surface area contributed by atoms with Crippen LogP contribution in [0, 0.1) is 0 Å². The number of para-hydroxylation sites is 1. The number of anilines is 2. The van der Waals surface area contributed by atoms with Crippen LogP contribution in [0.1, 0.15) is 23.2 Å². The molecule has 152 valence electrons. The number of piperazine rings is 1. The van der Waals surface area contributed by atoms with Gasteiger partial charge in [-0.05, 0) is 43.2 Å². The highest BCUT2D eigenvalue weighted by molar-refractivity contribution is 6.33. The molecular weight excluding hydrogens is 390 g/mol.